The second-order valence-electron chi connectivity index (χ2n) is 17.7. The fourth-order valence-electron chi connectivity index (χ4n) is 7.35. The van der Waals surface area contributed by atoms with E-state index in [9.17, 15) is 9.59 Å². The van der Waals surface area contributed by atoms with Gasteiger partial charge >= 0.3 is 11.9 Å². The number of rotatable bonds is 41. The summed E-state index contributed by atoms with van der Waals surface area (Å²) in [6, 6.07) is 0. The first kappa shape index (κ1) is 57.8. The number of carbonyl (C=O) groups is 2. The van der Waals surface area contributed by atoms with Gasteiger partial charge in [0.05, 0.1) is 54.5 Å². The summed E-state index contributed by atoms with van der Waals surface area (Å²) < 4.78 is 12.5. The molecule has 0 saturated heterocycles. The quantitative estimate of drug-likeness (QED) is 0.0390. The second-order valence-corrected chi connectivity index (χ2v) is 17.7. The first-order valence-corrected chi connectivity index (χ1v) is 23.1. The number of hydrogen-bond donors (Lipinski definition) is 0. The first-order valence-electron chi connectivity index (χ1n) is 23.1. The van der Waals surface area contributed by atoms with Crippen LogP contribution in [0.25, 0.3) is 0 Å². The van der Waals surface area contributed by atoms with Gasteiger partial charge < -0.3 is 43.3 Å². The maximum absolute atomic E-state index is 12.4. The number of esters is 2. The van der Waals surface area contributed by atoms with E-state index < -0.39 is 0 Å². The van der Waals surface area contributed by atoms with Gasteiger partial charge in [-0.2, -0.15) is 0 Å². The summed E-state index contributed by atoms with van der Waals surface area (Å²) in [5.41, 5.74) is 0. The summed E-state index contributed by atoms with van der Waals surface area (Å²) in [6.07, 6.45) is 41.9. The molecular weight excluding hydrogens is 715 g/mol. The van der Waals surface area contributed by atoms with Crippen LogP contribution in [0.4, 0.5) is 0 Å². The van der Waals surface area contributed by atoms with Crippen LogP contribution in [0.3, 0.4) is 0 Å². The van der Waals surface area contributed by atoms with Gasteiger partial charge in [-0.05, 0) is 38.5 Å². The molecule has 0 saturated carbocycles. The van der Waals surface area contributed by atoms with E-state index >= 15 is 0 Å². The highest BCUT2D eigenvalue weighted by molar-refractivity contribution is 5.70. The molecule has 0 spiro atoms. The Morgan fingerprint density at radius 2 is 0.537 bits per heavy atom. The molecule has 0 bridgehead atoms. The van der Waals surface area contributed by atoms with Gasteiger partial charge in [0.1, 0.15) is 0 Å². The summed E-state index contributed by atoms with van der Waals surface area (Å²) in [5, 5.41) is 0. The molecule has 0 amide bonds. The number of unbranched alkanes of at least 4 members (excludes halogenated alkanes) is 29. The molecule has 0 unspecified atom stereocenters. The Hall–Kier alpha value is -0.560. The summed E-state index contributed by atoms with van der Waals surface area (Å²) in [5.74, 6) is -0.120. The van der Waals surface area contributed by atoms with Crippen molar-refractivity contribution in [3.63, 3.8) is 0 Å². The third kappa shape index (κ3) is 44.2. The normalized spacial score (nSPS) is 11.6. The molecule has 54 heavy (non-hydrogen) atoms. The Morgan fingerprint density at radius 1 is 0.333 bits per heavy atom. The molecule has 0 aromatic rings. The lowest BCUT2D eigenvalue weighted by Gasteiger charge is -2.29. The van der Waals surface area contributed by atoms with Crippen LogP contribution in [0.15, 0.2) is 0 Å². The van der Waals surface area contributed by atoms with Crippen molar-refractivity contribution >= 4 is 11.9 Å². The Balaban J connectivity index is -0.0000130. The lowest BCUT2D eigenvalue weighted by atomic mass is 10.0. The van der Waals surface area contributed by atoms with Crippen LogP contribution < -0.4 is 24.8 Å². The van der Waals surface area contributed by atoms with Crippen LogP contribution in [0.2, 0.25) is 0 Å². The average molecular weight is 810 g/mol. The van der Waals surface area contributed by atoms with Crippen molar-refractivity contribution in [3.05, 3.63) is 0 Å². The smallest absolute Gasteiger partial charge is 0.361 e. The van der Waals surface area contributed by atoms with Crippen molar-refractivity contribution in [2.75, 3.05) is 67.6 Å². The molecule has 0 rings (SSSR count). The molecule has 0 atom stereocenters. The van der Waals surface area contributed by atoms with E-state index in [-0.39, 0.29) is 36.8 Å². The van der Waals surface area contributed by atoms with Gasteiger partial charge in [-0.3, -0.25) is 0 Å². The average Bonchev–Trinajstić information content (AvgIpc) is 3.09. The molecular formula is C46H94Cl2N2O4. The zero-order valence-corrected chi connectivity index (χ0v) is 38.7. The maximum atomic E-state index is 12.4. The van der Waals surface area contributed by atoms with E-state index in [1.54, 1.807) is 0 Å². The van der Waals surface area contributed by atoms with E-state index in [1.165, 1.54) is 167 Å². The number of likely N-dealkylation sites (N-methyl/N-ethyl adjacent to an activating group) is 2. The Bertz CT molecular complexity index is 733. The number of ether oxygens (including phenoxy) is 2. The van der Waals surface area contributed by atoms with Crippen LogP contribution in [-0.2, 0) is 19.1 Å². The van der Waals surface area contributed by atoms with Crippen LogP contribution in [0.5, 0.6) is 0 Å². The lowest BCUT2D eigenvalue weighted by molar-refractivity contribution is -0.884. The fourth-order valence-corrected chi connectivity index (χ4v) is 7.35. The summed E-state index contributed by atoms with van der Waals surface area (Å²) >= 11 is 0. The van der Waals surface area contributed by atoms with Gasteiger partial charge in [-0.1, -0.05) is 181 Å². The third-order valence-electron chi connectivity index (χ3n) is 10.9. The molecule has 8 heteroatoms. The number of halogens is 2. The van der Waals surface area contributed by atoms with Gasteiger partial charge in [-0.25, -0.2) is 9.59 Å². The molecule has 0 aliphatic rings. The van der Waals surface area contributed by atoms with E-state index in [0.717, 1.165) is 51.6 Å². The largest absolute Gasteiger partial charge is 1.00 e. The molecule has 0 N–H and O–H groups in total. The van der Waals surface area contributed by atoms with Crippen LogP contribution in [0.1, 0.15) is 219 Å². The van der Waals surface area contributed by atoms with Gasteiger partial charge in [0, 0.05) is 0 Å². The molecule has 0 radical (unpaired) electrons. The highest BCUT2D eigenvalue weighted by atomic mass is 35.5. The van der Waals surface area contributed by atoms with Crippen molar-refractivity contribution in [1.82, 2.24) is 0 Å². The van der Waals surface area contributed by atoms with Crippen LogP contribution in [-0.4, -0.2) is 88.5 Å². The van der Waals surface area contributed by atoms with Crippen LogP contribution >= 0.6 is 0 Å². The molecule has 0 aliphatic carbocycles. The van der Waals surface area contributed by atoms with Crippen molar-refractivity contribution < 1.29 is 52.8 Å². The Kier molecular flexibility index (Phi) is 45.0. The lowest BCUT2D eigenvalue weighted by Crippen LogP contribution is -3.00. The van der Waals surface area contributed by atoms with Crippen molar-refractivity contribution in [2.45, 2.75) is 219 Å². The SMILES string of the molecule is CCCCCCCCCCCCCCCCOC(=O)C[N+](C)(C)CCCCCC[N+](C)(C)CC(=O)OCCCCCCCCCCCCCCCC.[Cl-].[Cl-]. The zero-order chi connectivity index (χ0) is 38.4. The van der Waals surface area contributed by atoms with E-state index in [2.05, 4.69) is 42.0 Å². The summed E-state index contributed by atoms with van der Waals surface area (Å²) in [4.78, 5) is 24.9. The second kappa shape index (κ2) is 42.1. The molecule has 0 fully saturated rings. The Morgan fingerprint density at radius 3 is 0.778 bits per heavy atom. The predicted octanol–water partition coefficient (Wildman–Crippen LogP) is 6.76. The molecule has 0 aliphatic heterocycles. The van der Waals surface area contributed by atoms with Crippen molar-refractivity contribution in [3.8, 4) is 0 Å². The molecule has 326 valence electrons. The highest BCUT2D eigenvalue weighted by Crippen LogP contribution is 2.15. The predicted molar refractivity (Wildman–Crippen MR) is 225 cm³/mol. The first-order chi connectivity index (χ1) is 25.1. The molecule has 6 nitrogen and oxygen atoms in total. The number of carbonyl (C=O) groups excluding carboxylic acids is 2. The number of hydrogen-bond acceptors (Lipinski definition) is 4. The van der Waals surface area contributed by atoms with Gasteiger partial charge in [-0.15, -0.1) is 0 Å². The van der Waals surface area contributed by atoms with E-state index in [4.69, 9.17) is 9.47 Å². The van der Waals surface area contributed by atoms with Crippen molar-refractivity contribution in [1.29, 1.82) is 0 Å². The minimum atomic E-state index is -0.0602. The molecule has 0 heterocycles. The fraction of sp³-hybridized carbons (Fsp3) is 0.957. The molecule has 0 aromatic heterocycles. The zero-order valence-electron chi connectivity index (χ0n) is 37.2. The maximum Gasteiger partial charge on any atom is 0.361 e. The minimum absolute atomic E-state index is 0. The van der Waals surface area contributed by atoms with Crippen LogP contribution in [0, 0.1) is 0 Å². The van der Waals surface area contributed by atoms with Gasteiger partial charge in [0.2, 0.25) is 0 Å². The number of quaternary nitrogens is 2. The topological polar surface area (TPSA) is 52.6 Å². The Labute approximate surface area is 350 Å². The minimum Gasteiger partial charge on any atom is -1.00 e. The summed E-state index contributed by atoms with van der Waals surface area (Å²) in [7, 11) is 8.55. The van der Waals surface area contributed by atoms with Crippen molar-refractivity contribution in [2.24, 2.45) is 0 Å². The summed E-state index contributed by atoms with van der Waals surface area (Å²) in [6.45, 7) is 8.56. The molecule has 0 aromatic carbocycles. The van der Waals surface area contributed by atoms with E-state index in [1.807, 2.05) is 0 Å². The van der Waals surface area contributed by atoms with Gasteiger partial charge in [0.15, 0.2) is 13.1 Å². The monoisotopic (exact) mass is 809 g/mol. The number of nitrogens with zero attached hydrogens (tertiary/aromatic N) is 2. The highest BCUT2D eigenvalue weighted by Gasteiger charge is 2.22. The third-order valence-corrected chi connectivity index (χ3v) is 10.9. The van der Waals surface area contributed by atoms with Gasteiger partial charge in [0.25, 0.3) is 0 Å². The van der Waals surface area contributed by atoms with E-state index in [0.29, 0.717) is 35.3 Å². The standard InChI is InChI=1S/C46H94N2O4.2ClH/c1-7-9-11-13-15-17-19-21-23-25-27-29-33-37-41-51-45(49)43-47(3,4)39-35-31-32-36-40-48(5,6)44-46(50)52-42-38-34-30-28-26-24-22-20-18-16-14-12-10-8-2;;/h7-44H2,1-6H3;2*1H/q+2;;/p-2.